The molecule has 0 radical (unpaired) electrons. The summed E-state index contributed by atoms with van der Waals surface area (Å²) in [5.41, 5.74) is 1.55. The fourth-order valence-corrected chi connectivity index (χ4v) is 3.26. The van der Waals surface area contributed by atoms with Crippen molar-refractivity contribution in [3.63, 3.8) is 0 Å². The molecule has 0 aromatic heterocycles. The lowest BCUT2D eigenvalue weighted by atomic mass is 10.2. The molecule has 164 valence electrons. The van der Waals surface area contributed by atoms with E-state index in [0.717, 1.165) is 36.4 Å². The molecule has 2 aromatic rings. The van der Waals surface area contributed by atoms with Crippen LogP contribution in [0.2, 0.25) is 0 Å². The molecule has 1 unspecified atom stereocenters. The van der Waals surface area contributed by atoms with E-state index in [1.54, 1.807) is 32.4 Å². The molecule has 2 aromatic carbocycles. The van der Waals surface area contributed by atoms with Gasteiger partial charge in [-0.3, -0.25) is 10.1 Å². The van der Waals surface area contributed by atoms with E-state index in [0.29, 0.717) is 18.1 Å². The van der Waals surface area contributed by atoms with Crippen LogP contribution in [0.25, 0.3) is 6.08 Å². The monoisotopic (exact) mass is 442 g/mol. The van der Waals surface area contributed by atoms with E-state index in [4.69, 9.17) is 31.2 Å². The molecule has 1 aliphatic heterocycles. The molecule has 8 heteroatoms. The summed E-state index contributed by atoms with van der Waals surface area (Å²) in [7, 11) is 3.13. The van der Waals surface area contributed by atoms with Gasteiger partial charge >= 0.3 is 0 Å². The average Bonchev–Trinajstić information content (AvgIpc) is 3.30. The van der Waals surface area contributed by atoms with Gasteiger partial charge in [-0.25, -0.2) is 0 Å². The first kappa shape index (κ1) is 22.6. The third kappa shape index (κ3) is 6.97. The van der Waals surface area contributed by atoms with Gasteiger partial charge in [0.25, 0.3) is 0 Å². The number of amides is 1. The van der Waals surface area contributed by atoms with Crippen molar-refractivity contribution in [2.45, 2.75) is 18.9 Å². The minimum absolute atomic E-state index is 0.174. The lowest BCUT2D eigenvalue weighted by Gasteiger charge is -2.12. The van der Waals surface area contributed by atoms with Gasteiger partial charge in [0, 0.05) is 18.4 Å². The van der Waals surface area contributed by atoms with Gasteiger partial charge in [0.1, 0.15) is 12.4 Å². The molecule has 31 heavy (non-hydrogen) atoms. The number of nitrogens with one attached hydrogen (secondary N) is 2. The van der Waals surface area contributed by atoms with E-state index in [1.807, 2.05) is 30.3 Å². The largest absolute Gasteiger partial charge is 0.493 e. The number of carbonyl (C=O) groups is 1. The van der Waals surface area contributed by atoms with E-state index < -0.39 is 0 Å². The summed E-state index contributed by atoms with van der Waals surface area (Å²) in [5.74, 6) is 1.63. The fourth-order valence-electron chi connectivity index (χ4n) is 3.04. The smallest absolute Gasteiger partial charge is 0.250 e. The summed E-state index contributed by atoms with van der Waals surface area (Å²) in [5, 5.41) is 5.80. The number of carbonyl (C=O) groups excluding carboxylic acids is 1. The van der Waals surface area contributed by atoms with Crippen LogP contribution in [0.15, 0.2) is 48.5 Å². The van der Waals surface area contributed by atoms with Gasteiger partial charge in [-0.1, -0.05) is 6.07 Å². The van der Waals surface area contributed by atoms with E-state index in [2.05, 4.69) is 10.6 Å². The fraction of sp³-hybridized carbons (Fsp3) is 0.304. The summed E-state index contributed by atoms with van der Waals surface area (Å²) >= 11 is 5.21. The zero-order valence-corrected chi connectivity index (χ0v) is 18.4. The van der Waals surface area contributed by atoms with Crippen LogP contribution in [0.4, 0.5) is 5.69 Å². The van der Waals surface area contributed by atoms with E-state index in [1.165, 1.54) is 6.08 Å². The molecular formula is C23H26N2O5S. The predicted molar refractivity (Wildman–Crippen MR) is 124 cm³/mol. The molecule has 1 amide bonds. The zero-order chi connectivity index (χ0) is 22.1. The van der Waals surface area contributed by atoms with Gasteiger partial charge in [0.15, 0.2) is 16.6 Å². The van der Waals surface area contributed by atoms with Crippen molar-refractivity contribution >= 4 is 35.0 Å². The van der Waals surface area contributed by atoms with Gasteiger partial charge in [-0.15, -0.1) is 0 Å². The highest BCUT2D eigenvalue weighted by atomic mass is 32.1. The number of rotatable bonds is 8. The second-order valence-corrected chi connectivity index (χ2v) is 7.27. The molecule has 1 atom stereocenters. The maximum atomic E-state index is 12.1. The number of hydrogen-bond acceptors (Lipinski definition) is 6. The molecular weight excluding hydrogens is 416 g/mol. The summed E-state index contributed by atoms with van der Waals surface area (Å²) in [4.78, 5) is 12.1. The van der Waals surface area contributed by atoms with Crippen LogP contribution in [0, 0.1) is 0 Å². The van der Waals surface area contributed by atoms with Crippen molar-refractivity contribution in [2.75, 3.05) is 32.8 Å². The molecule has 0 aliphatic carbocycles. The van der Waals surface area contributed by atoms with Crippen LogP contribution in [0.5, 0.6) is 17.2 Å². The topological polar surface area (TPSA) is 78.1 Å². The van der Waals surface area contributed by atoms with Crippen molar-refractivity contribution in [3.8, 4) is 17.2 Å². The molecule has 0 spiro atoms. The van der Waals surface area contributed by atoms with Crippen LogP contribution in [-0.2, 0) is 9.53 Å². The highest BCUT2D eigenvalue weighted by molar-refractivity contribution is 7.80. The third-order valence-corrected chi connectivity index (χ3v) is 4.85. The molecule has 1 saturated heterocycles. The normalized spacial score (nSPS) is 15.5. The van der Waals surface area contributed by atoms with Gasteiger partial charge in [0.05, 0.1) is 20.3 Å². The zero-order valence-electron chi connectivity index (χ0n) is 17.6. The van der Waals surface area contributed by atoms with Gasteiger partial charge < -0.3 is 24.3 Å². The average molecular weight is 443 g/mol. The van der Waals surface area contributed by atoms with Crippen molar-refractivity contribution < 1.29 is 23.7 Å². The standard InChI is InChI=1S/C23H26N2O5S/c1-27-20-11-5-16(14-21(20)28-2)6-12-22(26)25-23(31)24-17-7-9-18(10-8-17)30-15-19-4-3-13-29-19/h5-12,14,19H,3-4,13,15H2,1-2H3,(H2,24,25,26,31). The van der Waals surface area contributed by atoms with Crippen LogP contribution in [0.3, 0.4) is 0 Å². The molecule has 0 bridgehead atoms. The van der Waals surface area contributed by atoms with Crippen molar-refractivity contribution in [1.29, 1.82) is 0 Å². The lowest BCUT2D eigenvalue weighted by molar-refractivity contribution is -0.115. The van der Waals surface area contributed by atoms with Crippen LogP contribution in [-0.4, -0.2) is 44.6 Å². The second-order valence-electron chi connectivity index (χ2n) is 6.86. The maximum absolute atomic E-state index is 12.1. The molecule has 2 N–H and O–H groups in total. The summed E-state index contributed by atoms with van der Waals surface area (Å²) < 4.78 is 21.7. The highest BCUT2D eigenvalue weighted by Gasteiger charge is 2.15. The predicted octanol–water partition coefficient (Wildman–Crippen LogP) is 3.79. The summed E-state index contributed by atoms with van der Waals surface area (Å²) in [6.07, 6.45) is 5.36. The third-order valence-electron chi connectivity index (χ3n) is 4.64. The molecule has 7 nitrogen and oxygen atoms in total. The molecule has 0 saturated carbocycles. The second kappa shape index (κ2) is 11.3. The van der Waals surface area contributed by atoms with Crippen LogP contribution < -0.4 is 24.8 Å². The Balaban J connectivity index is 1.46. The number of thiocarbonyl (C=S) groups is 1. The Morgan fingerprint density at radius 2 is 1.94 bits per heavy atom. The van der Waals surface area contributed by atoms with E-state index >= 15 is 0 Å². The first-order chi connectivity index (χ1) is 15.1. The van der Waals surface area contributed by atoms with Gasteiger partial charge in [-0.05, 0) is 73.1 Å². The van der Waals surface area contributed by atoms with Crippen molar-refractivity contribution in [2.24, 2.45) is 0 Å². The van der Waals surface area contributed by atoms with Gasteiger partial charge in [0.2, 0.25) is 5.91 Å². The minimum Gasteiger partial charge on any atom is -0.493 e. The van der Waals surface area contributed by atoms with Gasteiger partial charge in [-0.2, -0.15) is 0 Å². The number of methoxy groups -OCH3 is 2. The van der Waals surface area contributed by atoms with Crippen molar-refractivity contribution in [1.82, 2.24) is 5.32 Å². The molecule has 1 heterocycles. The SMILES string of the molecule is COc1ccc(C=CC(=O)NC(=S)Nc2ccc(OCC3CCCO3)cc2)cc1OC. The Morgan fingerprint density at radius 1 is 1.16 bits per heavy atom. The number of anilines is 1. The lowest BCUT2D eigenvalue weighted by Crippen LogP contribution is -2.32. The maximum Gasteiger partial charge on any atom is 0.250 e. The molecule has 1 fully saturated rings. The van der Waals surface area contributed by atoms with Crippen LogP contribution in [0.1, 0.15) is 18.4 Å². The Labute approximate surface area is 187 Å². The molecule has 3 rings (SSSR count). The Morgan fingerprint density at radius 3 is 2.61 bits per heavy atom. The first-order valence-electron chi connectivity index (χ1n) is 9.94. The highest BCUT2D eigenvalue weighted by Crippen LogP contribution is 2.28. The van der Waals surface area contributed by atoms with E-state index in [9.17, 15) is 4.79 Å². The summed E-state index contributed by atoms with van der Waals surface area (Å²) in [6.45, 7) is 1.36. The Kier molecular flexibility index (Phi) is 8.26. The minimum atomic E-state index is -0.344. The number of benzene rings is 2. The Bertz CT molecular complexity index is 924. The first-order valence-corrected chi connectivity index (χ1v) is 10.3. The Hall–Kier alpha value is -3.10. The number of ether oxygens (including phenoxy) is 4. The molecule has 1 aliphatic rings. The van der Waals surface area contributed by atoms with Crippen LogP contribution >= 0.6 is 12.2 Å². The van der Waals surface area contributed by atoms with Crippen molar-refractivity contribution in [3.05, 3.63) is 54.1 Å². The number of hydrogen-bond donors (Lipinski definition) is 2. The quantitative estimate of drug-likeness (QED) is 0.476. The van der Waals surface area contributed by atoms with E-state index in [-0.39, 0.29) is 17.1 Å². The summed E-state index contributed by atoms with van der Waals surface area (Å²) in [6, 6.07) is 12.7.